The minimum absolute atomic E-state index is 0.111. The van der Waals surface area contributed by atoms with Crippen LogP contribution >= 0.6 is 0 Å². The molecule has 1 atom stereocenters. The Morgan fingerprint density at radius 3 is 2.35 bits per heavy atom. The fourth-order valence-corrected chi connectivity index (χ4v) is 4.17. The summed E-state index contributed by atoms with van der Waals surface area (Å²) in [5.74, 6) is -0.857. The molecule has 160 valence electrons. The van der Waals surface area contributed by atoms with Gasteiger partial charge in [0.1, 0.15) is 5.54 Å². The SMILES string of the molecule is CC[C@@]1(c2ccccc2)NC(=O)N(NC(=O)CN2CC=C(c3ccccc3)CC2)C1=O. The number of nitrogens with zero attached hydrogens (tertiary/aromatic N) is 2. The van der Waals surface area contributed by atoms with Crippen molar-refractivity contribution in [2.24, 2.45) is 0 Å². The van der Waals surface area contributed by atoms with Gasteiger partial charge in [0.05, 0.1) is 6.54 Å². The fraction of sp³-hybridized carbons (Fsp3) is 0.292. The summed E-state index contributed by atoms with van der Waals surface area (Å²) in [6, 6.07) is 18.7. The first kappa shape index (κ1) is 20.8. The molecule has 2 N–H and O–H groups in total. The number of imide groups is 1. The monoisotopic (exact) mass is 418 g/mol. The van der Waals surface area contributed by atoms with Gasteiger partial charge in [0.2, 0.25) is 0 Å². The summed E-state index contributed by atoms with van der Waals surface area (Å²) in [5, 5.41) is 3.58. The number of hydrogen-bond acceptors (Lipinski definition) is 4. The van der Waals surface area contributed by atoms with E-state index < -0.39 is 17.5 Å². The van der Waals surface area contributed by atoms with Gasteiger partial charge < -0.3 is 5.32 Å². The Morgan fingerprint density at radius 2 is 1.74 bits per heavy atom. The molecule has 0 aromatic heterocycles. The summed E-state index contributed by atoms with van der Waals surface area (Å²) in [6.07, 6.45) is 3.35. The van der Waals surface area contributed by atoms with Gasteiger partial charge in [0.25, 0.3) is 11.8 Å². The normalized spacial score (nSPS) is 21.6. The molecule has 0 bridgehead atoms. The van der Waals surface area contributed by atoms with E-state index in [1.807, 2.05) is 48.2 Å². The minimum Gasteiger partial charge on any atom is -0.318 e. The quantitative estimate of drug-likeness (QED) is 0.707. The fourth-order valence-electron chi connectivity index (χ4n) is 4.17. The molecular weight excluding hydrogens is 392 g/mol. The molecule has 31 heavy (non-hydrogen) atoms. The predicted molar refractivity (Wildman–Crippen MR) is 117 cm³/mol. The molecule has 2 aromatic carbocycles. The molecular formula is C24H26N4O3. The molecule has 0 unspecified atom stereocenters. The van der Waals surface area contributed by atoms with E-state index in [0.717, 1.165) is 18.0 Å². The Kier molecular flexibility index (Phi) is 5.86. The lowest BCUT2D eigenvalue weighted by atomic mass is 9.87. The van der Waals surface area contributed by atoms with E-state index in [1.165, 1.54) is 11.1 Å². The van der Waals surface area contributed by atoms with E-state index in [2.05, 4.69) is 29.0 Å². The van der Waals surface area contributed by atoms with E-state index in [-0.39, 0.29) is 12.5 Å². The van der Waals surface area contributed by atoms with Crippen LogP contribution in [0, 0.1) is 0 Å². The number of rotatable bonds is 6. The molecule has 4 rings (SSSR count). The van der Waals surface area contributed by atoms with Crippen LogP contribution in [0.15, 0.2) is 66.7 Å². The van der Waals surface area contributed by atoms with Gasteiger partial charge in [-0.1, -0.05) is 73.7 Å². The van der Waals surface area contributed by atoms with Crippen molar-refractivity contribution in [1.29, 1.82) is 0 Å². The first-order valence-electron chi connectivity index (χ1n) is 10.5. The molecule has 2 aliphatic rings. The van der Waals surface area contributed by atoms with Gasteiger partial charge in [0.15, 0.2) is 0 Å². The third kappa shape index (κ3) is 4.09. The Labute approximate surface area is 181 Å². The van der Waals surface area contributed by atoms with Crippen LogP contribution in [-0.4, -0.2) is 47.4 Å². The Hall–Kier alpha value is -3.45. The van der Waals surface area contributed by atoms with E-state index >= 15 is 0 Å². The molecule has 7 nitrogen and oxygen atoms in total. The predicted octanol–water partition coefficient (Wildman–Crippen LogP) is 2.66. The summed E-state index contributed by atoms with van der Waals surface area (Å²) in [5.41, 5.74) is 4.49. The van der Waals surface area contributed by atoms with E-state index in [1.54, 1.807) is 12.1 Å². The van der Waals surface area contributed by atoms with Crippen LogP contribution in [0.1, 0.15) is 30.9 Å². The Balaban J connectivity index is 1.38. The van der Waals surface area contributed by atoms with E-state index in [9.17, 15) is 14.4 Å². The van der Waals surface area contributed by atoms with Crippen LogP contribution in [-0.2, 0) is 15.1 Å². The number of carbonyl (C=O) groups excluding carboxylic acids is 3. The second kappa shape index (κ2) is 8.73. The van der Waals surface area contributed by atoms with Crippen LogP contribution in [0.3, 0.4) is 0 Å². The molecule has 2 heterocycles. The number of urea groups is 1. The van der Waals surface area contributed by atoms with Crippen molar-refractivity contribution in [3.63, 3.8) is 0 Å². The molecule has 1 fully saturated rings. The van der Waals surface area contributed by atoms with Gasteiger partial charge in [0, 0.05) is 13.1 Å². The first-order valence-corrected chi connectivity index (χ1v) is 10.5. The number of carbonyl (C=O) groups is 3. The largest absolute Gasteiger partial charge is 0.344 e. The standard InChI is InChI=1S/C24H26N4O3/c1-2-24(20-11-7-4-8-12-20)22(30)28(23(31)25-24)26-21(29)17-27-15-13-19(14-16-27)18-9-5-3-6-10-18/h3-13H,2,14-17H2,1H3,(H,25,31)(H,26,29)/t24-/m0/s1. The van der Waals surface area contributed by atoms with E-state index in [4.69, 9.17) is 0 Å². The molecule has 0 saturated carbocycles. The van der Waals surface area contributed by atoms with Crippen LogP contribution in [0.2, 0.25) is 0 Å². The van der Waals surface area contributed by atoms with Gasteiger partial charge >= 0.3 is 6.03 Å². The number of hydrogen-bond donors (Lipinski definition) is 2. The highest BCUT2D eigenvalue weighted by atomic mass is 16.2. The smallest absolute Gasteiger partial charge is 0.318 e. The maximum atomic E-state index is 13.1. The summed E-state index contributed by atoms with van der Waals surface area (Å²) < 4.78 is 0. The van der Waals surface area contributed by atoms with Crippen LogP contribution in [0.25, 0.3) is 5.57 Å². The van der Waals surface area contributed by atoms with Gasteiger partial charge in [-0.25, -0.2) is 4.79 Å². The van der Waals surface area contributed by atoms with Gasteiger partial charge in [-0.05, 0) is 29.5 Å². The van der Waals surface area contributed by atoms with Crippen LogP contribution in [0.4, 0.5) is 4.79 Å². The average Bonchev–Trinajstić information content (AvgIpc) is 3.06. The zero-order chi connectivity index (χ0) is 21.8. The zero-order valence-electron chi connectivity index (χ0n) is 17.5. The highest BCUT2D eigenvalue weighted by molar-refractivity contribution is 6.08. The minimum atomic E-state index is -1.16. The van der Waals surface area contributed by atoms with Crippen molar-refractivity contribution in [3.05, 3.63) is 77.9 Å². The average molecular weight is 418 g/mol. The maximum absolute atomic E-state index is 13.1. The van der Waals surface area contributed by atoms with Crippen LogP contribution in [0.5, 0.6) is 0 Å². The molecule has 0 spiro atoms. The second-order valence-corrected chi connectivity index (χ2v) is 7.81. The number of hydrazine groups is 1. The van der Waals surface area contributed by atoms with Gasteiger partial charge in [-0.3, -0.25) is 19.9 Å². The number of amides is 4. The van der Waals surface area contributed by atoms with Gasteiger partial charge in [-0.2, -0.15) is 5.01 Å². The van der Waals surface area contributed by atoms with Crippen molar-refractivity contribution in [1.82, 2.24) is 20.7 Å². The van der Waals surface area contributed by atoms with Crippen molar-refractivity contribution in [2.45, 2.75) is 25.3 Å². The van der Waals surface area contributed by atoms with Crippen molar-refractivity contribution < 1.29 is 14.4 Å². The van der Waals surface area contributed by atoms with Gasteiger partial charge in [-0.15, -0.1) is 0 Å². The molecule has 2 aliphatic heterocycles. The summed E-state index contributed by atoms with van der Waals surface area (Å²) in [7, 11) is 0. The summed E-state index contributed by atoms with van der Waals surface area (Å²) in [4.78, 5) is 40.2. The third-order valence-electron chi connectivity index (χ3n) is 5.93. The molecule has 7 heteroatoms. The van der Waals surface area contributed by atoms with E-state index in [0.29, 0.717) is 18.5 Å². The topological polar surface area (TPSA) is 81.8 Å². The maximum Gasteiger partial charge on any atom is 0.344 e. The number of benzene rings is 2. The summed E-state index contributed by atoms with van der Waals surface area (Å²) >= 11 is 0. The molecule has 0 radical (unpaired) electrons. The Bertz CT molecular complexity index is 1010. The summed E-state index contributed by atoms with van der Waals surface area (Å²) in [6.45, 7) is 3.32. The van der Waals surface area contributed by atoms with Crippen molar-refractivity contribution in [2.75, 3.05) is 19.6 Å². The third-order valence-corrected chi connectivity index (χ3v) is 5.93. The molecule has 1 saturated heterocycles. The molecule has 0 aliphatic carbocycles. The highest BCUT2D eigenvalue weighted by Gasteiger charge is 2.52. The number of nitrogens with one attached hydrogen (secondary N) is 2. The lowest BCUT2D eigenvalue weighted by Crippen LogP contribution is -2.51. The molecule has 2 aromatic rings. The molecule has 4 amide bonds. The zero-order valence-corrected chi connectivity index (χ0v) is 17.5. The second-order valence-electron chi connectivity index (χ2n) is 7.81. The first-order chi connectivity index (χ1) is 15.0. The van der Waals surface area contributed by atoms with Crippen molar-refractivity contribution in [3.8, 4) is 0 Å². The highest BCUT2D eigenvalue weighted by Crippen LogP contribution is 2.31. The Morgan fingerprint density at radius 1 is 1.06 bits per heavy atom. The van der Waals surface area contributed by atoms with Crippen LogP contribution < -0.4 is 10.7 Å². The lowest BCUT2D eigenvalue weighted by molar-refractivity contribution is -0.139. The lowest BCUT2D eigenvalue weighted by Gasteiger charge is -2.27. The van der Waals surface area contributed by atoms with Crippen molar-refractivity contribution >= 4 is 23.4 Å².